The summed E-state index contributed by atoms with van der Waals surface area (Å²) < 4.78 is 0. The van der Waals surface area contributed by atoms with Gasteiger partial charge < -0.3 is 4.90 Å². The molecule has 80 valence electrons. The topological polar surface area (TPSA) is 37.4 Å². The molecule has 15 heavy (non-hydrogen) atoms. The summed E-state index contributed by atoms with van der Waals surface area (Å²) >= 11 is 0. The number of piperidine rings is 1. The summed E-state index contributed by atoms with van der Waals surface area (Å²) in [5.41, 5.74) is 0. The maximum absolute atomic E-state index is 12.0. The molecule has 0 aromatic carbocycles. The minimum absolute atomic E-state index is 0.0275. The number of likely N-dealkylation sites (tertiary alicyclic amines) is 1. The molecule has 1 aliphatic heterocycles. The molecule has 0 radical (unpaired) electrons. The van der Waals surface area contributed by atoms with Gasteiger partial charge >= 0.3 is 0 Å². The van der Waals surface area contributed by atoms with Crippen molar-refractivity contribution in [1.29, 1.82) is 0 Å². The maximum Gasteiger partial charge on any atom is 0.237 e. The number of amides is 1. The Bertz CT molecular complexity index is 325. The lowest BCUT2D eigenvalue weighted by Crippen LogP contribution is -2.41. The van der Waals surface area contributed by atoms with Crippen molar-refractivity contribution >= 4 is 11.7 Å². The first-order valence-electron chi connectivity index (χ1n) is 5.46. The number of allylic oxidation sites excluding steroid dienone is 3. The highest BCUT2D eigenvalue weighted by molar-refractivity contribution is 6.09. The van der Waals surface area contributed by atoms with Gasteiger partial charge in [-0.15, -0.1) is 0 Å². The summed E-state index contributed by atoms with van der Waals surface area (Å²) in [5, 5.41) is 0. The number of carbonyl (C=O) groups is 2. The fraction of sp³-hybridized carbons (Fsp3) is 0.500. The third-order valence-electron chi connectivity index (χ3n) is 2.92. The van der Waals surface area contributed by atoms with E-state index in [0.717, 1.165) is 25.9 Å². The molecule has 1 saturated heterocycles. The van der Waals surface area contributed by atoms with Gasteiger partial charge in [-0.25, -0.2) is 0 Å². The summed E-state index contributed by atoms with van der Waals surface area (Å²) in [5.74, 6) is -0.679. The van der Waals surface area contributed by atoms with Gasteiger partial charge in [0.25, 0.3) is 0 Å². The number of hydrogen-bond donors (Lipinski definition) is 0. The Morgan fingerprint density at radius 2 is 1.93 bits per heavy atom. The highest BCUT2D eigenvalue weighted by Crippen LogP contribution is 2.16. The van der Waals surface area contributed by atoms with E-state index in [-0.39, 0.29) is 11.7 Å². The molecule has 2 rings (SSSR count). The zero-order chi connectivity index (χ0) is 10.7. The quantitative estimate of drug-likeness (QED) is 0.605. The van der Waals surface area contributed by atoms with Crippen LogP contribution >= 0.6 is 0 Å². The van der Waals surface area contributed by atoms with Crippen molar-refractivity contribution in [2.45, 2.75) is 19.3 Å². The number of nitrogens with zero attached hydrogens (tertiary/aromatic N) is 1. The predicted octanol–water partition coefficient (Wildman–Crippen LogP) is 1.31. The second-order valence-corrected chi connectivity index (χ2v) is 4.01. The standard InChI is InChI=1S/C12H15NO2/c14-11-7-3-2-6-10(11)12(15)13-8-4-1-5-9-13/h2-3,6-7,10H,1,4-5,8-9H2. The van der Waals surface area contributed by atoms with Gasteiger partial charge in [-0.1, -0.05) is 18.2 Å². The third kappa shape index (κ3) is 2.17. The molecule has 1 unspecified atom stereocenters. The fourth-order valence-corrected chi connectivity index (χ4v) is 2.04. The van der Waals surface area contributed by atoms with E-state index in [4.69, 9.17) is 0 Å². The van der Waals surface area contributed by atoms with Crippen molar-refractivity contribution in [2.75, 3.05) is 13.1 Å². The lowest BCUT2D eigenvalue weighted by Gasteiger charge is -2.29. The van der Waals surface area contributed by atoms with Crippen LogP contribution in [0.5, 0.6) is 0 Å². The van der Waals surface area contributed by atoms with E-state index in [2.05, 4.69) is 0 Å². The Kier molecular flexibility index (Phi) is 2.99. The third-order valence-corrected chi connectivity index (χ3v) is 2.92. The van der Waals surface area contributed by atoms with E-state index in [0.29, 0.717) is 0 Å². The molecule has 1 atom stereocenters. The number of ketones is 1. The fourth-order valence-electron chi connectivity index (χ4n) is 2.04. The first-order valence-corrected chi connectivity index (χ1v) is 5.46. The molecule has 0 aromatic rings. The van der Waals surface area contributed by atoms with Crippen LogP contribution in [0, 0.1) is 5.92 Å². The first kappa shape index (κ1) is 10.1. The Labute approximate surface area is 89.4 Å². The van der Waals surface area contributed by atoms with Crippen LogP contribution in [0.4, 0.5) is 0 Å². The van der Waals surface area contributed by atoms with Crippen LogP contribution in [0.1, 0.15) is 19.3 Å². The average molecular weight is 205 g/mol. The van der Waals surface area contributed by atoms with Crippen molar-refractivity contribution in [1.82, 2.24) is 4.90 Å². The van der Waals surface area contributed by atoms with Crippen molar-refractivity contribution < 1.29 is 9.59 Å². The molecule has 0 aromatic heterocycles. The van der Waals surface area contributed by atoms with Crippen LogP contribution in [0.15, 0.2) is 24.3 Å². The Balaban J connectivity index is 2.03. The molecule has 0 N–H and O–H groups in total. The van der Waals surface area contributed by atoms with E-state index < -0.39 is 5.92 Å². The van der Waals surface area contributed by atoms with Crippen LogP contribution in [0.3, 0.4) is 0 Å². The van der Waals surface area contributed by atoms with Gasteiger partial charge in [-0.05, 0) is 25.3 Å². The highest BCUT2D eigenvalue weighted by Gasteiger charge is 2.28. The molecular weight excluding hydrogens is 190 g/mol. The summed E-state index contributed by atoms with van der Waals surface area (Å²) in [6.45, 7) is 1.61. The zero-order valence-electron chi connectivity index (χ0n) is 8.69. The average Bonchev–Trinajstić information content (AvgIpc) is 2.30. The molecule has 1 heterocycles. The van der Waals surface area contributed by atoms with E-state index in [1.165, 1.54) is 12.5 Å². The summed E-state index contributed by atoms with van der Waals surface area (Å²) in [4.78, 5) is 25.3. The Hall–Kier alpha value is -1.38. The van der Waals surface area contributed by atoms with E-state index in [1.54, 1.807) is 18.2 Å². The lowest BCUT2D eigenvalue weighted by atomic mass is 9.97. The van der Waals surface area contributed by atoms with Gasteiger partial charge in [-0.2, -0.15) is 0 Å². The van der Waals surface area contributed by atoms with Crippen molar-refractivity contribution in [3.8, 4) is 0 Å². The Morgan fingerprint density at radius 3 is 2.60 bits per heavy atom. The Morgan fingerprint density at radius 1 is 1.20 bits per heavy atom. The SMILES string of the molecule is O=C1C=CC=CC1C(=O)N1CCCCC1. The molecule has 2 aliphatic rings. The molecule has 3 heteroatoms. The molecule has 0 spiro atoms. The minimum atomic E-state index is -0.562. The summed E-state index contributed by atoms with van der Waals surface area (Å²) in [6.07, 6.45) is 9.94. The van der Waals surface area contributed by atoms with Gasteiger partial charge in [-0.3, -0.25) is 9.59 Å². The first-order chi connectivity index (χ1) is 7.29. The number of rotatable bonds is 1. The second-order valence-electron chi connectivity index (χ2n) is 4.01. The maximum atomic E-state index is 12.0. The van der Waals surface area contributed by atoms with Crippen LogP contribution in [0.2, 0.25) is 0 Å². The molecule has 1 fully saturated rings. The van der Waals surface area contributed by atoms with Crippen LogP contribution in [-0.2, 0) is 9.59 Å². The normalized spacial score (nSPS) is 25.7. The monoisotopic (exact) mass is 205 g/mol. The molecule has 0 bridgehead atoms. The summed E-state index contributed by atoms with van der Waals surface area (Å²) in [7, 11) is 0. The van der Waals surface area contributed by atoms with Gasteiger partial charge in [0.1, 0.15) is 5.92 Å². The highest BCUT2D eigenvalue weighted by atomic mass is 16.2. The smallest absolute Gasteiger partial charge is 0.237 e. The van der Waals surface area contributed by atoms with Crippen LogP contribution in [0.25, 0.3) is 0 Å². The van der Waals surface area contributed by atoms with E-state index in [1.807, 2.05) is 4.90 Å². The van der Waals surface area contributed by atoms with Crippen molar-refractivity contribution in [2.24, 2.45) is 5.92 Å². The molecule has 3 nitrogen and oxygen atoms in total. The predicted molar refractivity (Wildman–Crippen MR) is 57.2 cm³/mol. The zero-order valence-corrected chi connectivity index (χ0v) is 8.69. The molecular formula is C12H15NO2. The van der Waals surface area contributed by atoms with Crippen molar-refractivity contribution in [3.05, 3.63) is 24.3 Å². The van der Waals surface area contributed by atoms with E-state index >= 15 is 0 Å². The molecule has 1 amide bonds. The van der Waals surface area contributed by atoms with Crippen LogP contribution in [-0.4, -0.2) is 29.7 Å². The molecule has 1 aliphatic carbocycles. The number of hydrogen-bond acceptors (Lipinski definition) is 2. The van der Waals surface area contributed by atoms with Gasteiger partial charge in [0.2, 0.25) is 5.91 Å². The lowest BCUT2D eigenvalue weighted by molar-refractivity contribution is -0.138. The van der Waals surface area contributed by atoms with E-state index in [9.17, 15) is 9.59 Å². The van der Waals surface area contributed by atoms with Crippen molar-refractivity contribution in [3.63, 3.8) is 0 Å². The van der Waals surface area contributed by atoms with Gasteiger partial charge in [0.15, 0.2) is 5.78 Å². The second kappa shape index (κ2) is 4.43. The van der Waals surface area contributed by atoms with Gasteiger partial charge in [0, 0.05) is 13.1 Å². The number of carbonyl (C=O) groups excluding carboxylic acids is 2. The molecule has 0 saturated carbocycles. The minimum Gasteiger partial charge on any atom is -0.342 e. The summed E-state index contributed by atoms with van der Waals surface area (Å²) in [6, 6.07) is 0. The largest absolute Gasteiger partial charge is 0.342 e. The van der Waals surface area contributed by atoms with Crippen LogP contribution < -0.4 is 0 Å². The van der Waals surface area contributed by atoms with Gasteiger partial charge in [0.05, 0.1) is 0 Å².